The van der Waals surface area contributed by atoms with Crippen molar-refractivity contribution in [1.82, 2.24) is 15.5 Å². The standard InChI is InChI=1S/C10H10ClN3O2/c11-4-6-3-8(14-12-5-6)7-1-2-9(15)13-10(7)16/h3,5,7H,1-2,4H2,(H,13,15,16). The zero-order valence-electron chi connectivity index (χ0n) is 8.44. The Bertz CT molecular complexity index is 436. The molecule has 2 heterocycles. The highest BCUT2D eigenvalue weighted by molar-refractivity contribution is 6.17. The number of piperidine rings is 1. The van der Waals surface area contributed by atoms with Gasteiger partial charge in [0, 0.05) is 12.3 Å². The molecule has 1 atom stereocenters. The van der Waals surface area contributed by atoms with Crippen LogP contribution in [0.1, 0.15) is 30.0 Å². The average Bonchev–Trinajstić information content (AvgIpc) is 2.29. The van der Waals surface area contributed by atoms with Gasteiger partial charge in [-0.15, -0.1) is 11.6 Å². The number of nitrogens with one attached hydrogen (secondary N) is 1. The quantitative estimate of drug-likeness (QED) is 0.610. The van der Waals surface area contributed by atoms with Crippen LogP contribution in [-0.2, 0) is 15.5 Å². The third-order valence-corrected chi connectivity index (χ3v) is 2.79. The van der Waals surface area contributed by atoms with Crippen molar-refractivity contribution < 1.29 is 9.59 Å². The molecule has 0 bridgehead atoms. The molecule has 1 saturated heterocycles. The first-order valence-electron chi connectivity index (χ1n) is 4.92. The van der Waals surface area contributed by atoms with Gasteiger partial charge in [-0.2, -0.15) is 10.2 Å². The lowest BCUT2D eigenvalue weighted by atomic mass is 9.94. The molecule has 0 radical (unpaired) electrons. The molecule has 0 spiro atoms. The molecule has 2 rings (SSSR count). The predicted molar refractivity (Wildman–Crippen MR) is 56.7 cm³/mol. The zero-order valence-corrected chi connectivity index (χ0v) is 9.20. The van der Waals surface area contributed by atoms with Crippen LogP contribution in [0.2, 0.25) is 0 Å². The number of carbonyl (C=O) groups excluding carboxylic acids is 2. The molecule has 1 aromatic rings. The number of hydrogen-bond acceptors (Lipinski definition) is 4. The lowest BCUT2D eigenvalue weighted by Gasteiger charge is -2.19. The van der Waals surface area contributed by atoms with E-state index in [4.69, 9.17) is 11.6 Å². The maximum absolute atomic E-state index is 11.6. The van der Waals surface area contributed by atoms with Crippen molar-refractivity contribution in [3.8, 4) is 0 Å². The molecule has 1 unspecified atom stereocenters. The third-order valence-electron chi connectivity index (χ3n) is 2.48. The summed E-state index contributed by atoms with van der Waals surface area (Å²) in [6.07, 6.45) is 2.37. The van der Waals surface area contributed by atoms with Gasteiger partial charge in [0.2, 0.25) is 11.8 Å². The van der Waals surface area contributed by atoms with Gasteiger partial charge >= 0.3 is 0 Å². The van der Waals surface area contributed by atoms with E-state index in [1.807, 2.05) is 0 Å². The fourth-order valence-electron chi connectivity index (χ4n) is 1.64. The van der Waals surface area contributed by atoms with Gasteiger partial charge in [-0.05, 0) is 18.1 Å². The summed E-state index contributed by atoms with van der Waals surface area (Å²) in [5.74, 6) is -0.608. The second kappa shape index (κ2) is 4.57. The number of carbonyl (C=O) groups is 2. The molecular weight excluding hydrogens is 230 g/mol. The minimum absolute atomic E-state index is 0.234. The molecule has 84 valence electrons. The van der Waals surface area contributed by atoms with Gasteiger partial charge in [-0.3, -0.25) is 14.9 Å². The topological polar surface area (TPSA) is 72.0 Å². The predicted octanol–water partition coefficient (Wildman–Crippen LogP) is 0.736. The highest BCUT2D eigenvalue weighted by Gasteiger charge is 2.29. The highest BCUT2D eigenvalue weighted by Crippen LogP contribution is 2.23. The first-order valence-corrected chi connectivity index (χ1v) is 5.45. The zero-order chi connectivity index (χ0) is 11.5. The van der Waals surface area contributed by atoms with Crippen molar-refractivity contribution in [3.05, 3.63) is 23.5 Å². The van der Waals surface area contributed by atoms with E-state index in [1.165, 1.54) is 0 Å². The summed E-state index contributed by atoms with van der Waals surface area (Å²) < 4.78 is 0. The molecule has 1 N–H and O–H groups in total. The number of rotatable bonds is 2. The van der Waals surface area contributed by atoms with Crippen LogP contribution in [0.25, 0.3) is 0 Å². The largest absolute Gasteiger partial charge is 0.296 e. The van der Waals surface area contributed by atoms with Crippen LogP contribution in [0.4, 0.5) is 0 Å². The lowest BCUT2D eigenvalue weighted by molar-refractivity contribution is -0.134. The molecule has 16 heavy (non-hydrogen) atoms. The first kappa shape index (κ1) is 11.0. The van der Waals surface area contributed by atoms with Crippen LogP contribution in [0, 0.1) is 0 Å². The average molecular weight is 240 g/mol. The maximum atomic E-state index is 11.6. The Morgan fingerprint density at radius 2 is 2.31 bits per heavy atom. The minimum Gasteiger partial charge on any atom is -0.296 e. The van der Waals surface area contributed by atoms with Crippen LogP contribution in [0.5, 0.6) is 0 Å². The van der Waals surface area contributed by atoms with E-state index in [2.05, 4.69) is 15.5 Å². The van der Waals surface area contributed by atoms with Crippen LogP contribution in [0.15, 0.2) is 12.3 Å². The minimum atomic E-state index is -0.395. The van der Waals surface area contributed by atoms with E-state index in [0.29, 0.717) is 24.4 Å². The Kier molecular flexibility index (Phi) is 3.14. The lowest BCUT2D eigenvalue weighted by Crippen LogP contribution is -2.39. The van der Waals surface area contributed by atoms with Crippen molar-refractivity contribution >= 4 is 23.4 Å². The number of hydrogen-bond donors (Lipinski definition) is 1. The van der Waals surface area contributed by atoms with Crippen LogP contribution >= 0.6 is 11.6 Å². The van der Waals surface area contributed by atoms with E-state index in [9.17, 15) is 9.59 Å². The molecule has 1 aliphatic rings. The fourth-order valence-corrected chi connectivity index (χ4v) is 1.79. The van der Waals surface area contributed by atoms with Crippen LogP contribution < -0.4 is 5.32 Å². The van der Waals surface area contributed by atoms with Gasteiger partial charge in [0.05, 0.1) is 17.8 Å². The molecule has 5 nitrogen and oxygen atoms in total. The second-order valence-corrected chi connectivity index (χ2v) is 3.89. The molecule has 1 fully saturated rings. The molecule has 0 saturated carbocycles. The van der Waals surface area contributed by atoms with Gasteiger partial charge in [-0.25, -0.2) is 0 Å². The van der Waals surface area contributed by atoms with Crippen molar-refractivity contribution in [1.29, 1.82) is 0 Å². The van der Waals surface area contributed by atoms with E-state index in [-0.39, 0.29) is 11.8 Å². The van der Waals surface area contributed by atoms with Gasteiger partial charge in [0.25, 0.3) is 0 Å². The van der Waals surface area contributed by atoms with Crippen molar-refractivity contribution in [3.63, 3.8) is 0 Å². The SMILES string of the molecule is O=C1CCC(c2cc(CCl)cnn2)C(=O)N1. The third kappa shape index (κ3) is 2.19. The normalized spacial score (nSPS) is 20.7. The molecule has 0 aromatic carbocycles. The summed E-state index contributed by atoms with van der Waals surface area (Å²) in [5, 5.41) is 9.98. The number of amides is 2. The smallest absolute Gasteiger partial charge is 0.235 e. The van der Waals surface area contributed by atoms with Gasteiger partial charge < -0.3 is 0 Å². The van der Waals surface area contributed by atoms with Gasteiger partial charge in [-0.1, -0.05) is 0 Å². The Morgan fingerprint density at radius 3 is 3.00 bits per heavy atom. The number of halogens is 1. The van der Waals surface area contributed by atoms with Crippen molar-refractivity contribution in [2.45, 2.75) is 24.6 Å². The molecule has 1 aromatic heterocycles. The van der Waals surface area contributed by atoms with Gasteiger partial charge in [0.1, 0.15) is 0 Å². The van der Waals surface area contributed by atoms with E-state index in [0.717, 1.165) is 5.56 Å². The monoisotopic (exact) mass is 239 g/mol. The number of aromatic nitrogens is 2. The van der Waals surface area contributed by atoms with Crippen molar-refractivity contribution in [2.24, 2.45) is 0 Å². The van der Waals surface area contributed by atoms with E-state index in [1.54, 1.807) is 12.3 Å². The molecular formula is C10H10ClN3O2. The number of nitrogens with zero attached hydrogens (tertiary/aromatic N) is 2. The van der Waals surface area contributed by atoms with Gasteiger partial charge in [0.15, 0.2) is 0 Å². The second-order valence-electron chi connectivity index (χ2n) is 3.63. The summed E-state index contributed by atoms with van der Waals surface area (Å²) in [6.45, 7) is 0. The maximum Gasteiger partial charge on any atom is 0.235 e. The van der Waals surface area contributed by atoms with Crippen LogP contribution in [0.3, 0.4) is 0 Å². The molecule has 1 aliphatic heterocycles. The van der Waals surface area contributed by atoms with Crippen molar-refractivity contribution in [2.75, 3.05) is 0 Å². The number of imide groups is 1. The Balaban J connectivity index is 2.23. The first-order chi connectivity index (χ1) is 7.70. The highest BCUT2D eigenvalue weighted by atomic mass is 35.5. The Hall–Kier alpha value is -1.49. The Morgan fingerprint density at radius 1 is 1.50 bits per heavy atom. The summed E-state index contributed by atoms with van der Waals surface area (Å²) >= 11 is 5.67. The summed E-state index contributed by atoms with van der Waals surface area (Å²) in [4.78, 5) is 22.6. The van der Waals surface area contributed by atoms with E-state index < -0.39 is 5.92 Å². The number of alkyl halides is 1. The molecule has 6 heteroatoms. The Labute approximate surface area is 97.2 Å². The molecule has 0 aliphatic carbocycles. The summed E-state index contributed by atoms with van der Waals surface area (Å²) in [7, 11) is 0. The summed E-state index contributed by atoms with van der Waals surface area (Å²) in [6, 6.07) is 1.75. The fraction of sp³-hybridized carbons (Fsp3) is 0.400. The van der Waals surface area contributed by atoms with Crippen LogP contribution in [-0.4, -0.2) is 22.0 Å². The van der Waals surface area contributed by atoms with E-state index >= 15 is 0 Å². The molecule has 2 amide bonds. The summed E-state index contributed by atoms with van der Waals surface area (Å²) in [5.41, 5.74) is 1.39.